The predicted molar refractivity (Wildman–Crippen MR) is 65.5 cm³/mol. The third-order valence-electron chi connectivity index (χ3n) is 2.42. The highest BCUT2D eigenvalue weighted by atomic mass is 32.2. The SMILES string of the molecule is CS[C@H](CO)[C@@H](C)NC(=O)c1ccncc1F. The van der Waals surface area contributed by atoms with Crippen molar-refractivity contribution < 1.29 is 14.3 Å². The van der Waals surface area contributed by atoms with E-state index in [-0.39, 0.29) is 23.5 Å². The van der Waals surface area contributed by atoms with Crippen molar-refractivity contribution in [2.45, 2.75) is 18.2 Å². The van der Waals surface area contributed by atoms with Gasteiger partial charge in [-0.05, 0) is 19.2 Å². The van der Waals surface area contributed by atoms with E-state index in [9.17, 15) is 9.18 Å². The second-order valence-electron chi connectivity index (χ2n) is 3.57. The molecular formula is C11H15FN2O2S. The van der Waals surface area contributed by atoms with E-state index < -0.39 is 11.7 Å². The highest BCUT2D eigenvalue weighted by Gasteiger charge is 2.19. The molecule has 4 nitrogen and oxygen atoms in total. The summed E-state index contributed by atoms with van der Waals surface area (Å²) in [7, 11) is 0. The first-order valence-electron chi connectivity index (χ1n) is 5.14. The topological polar surface area (TPSA) is 62.2 Å². The van der Waals surface area contributed by atoms with Crippen molar-refractivity contribution in [1.29, 1.82) is 0 Å². The van der Waals surface area contributed by atoms with Gasteiger partial charge in [-0.1, -0.05) is 0 Å². The molecule has 6 heteroatoms. The predicted octanol–water partition coefficient (Wildman–Crippen LogP) is 1.06. The number of thioether (sulfide) groups is 1. The van der Waals surface area contributed by atoms with Gasteiger partial charge in [0.1, 0.15) is 0 Å². The van der Waals surface area contributed by atoms with Crippen LogP contribution in [-0.4, -0.2) is 40.2 Å². The number of hydrogen-bond donors (Lipinski definition) is 2. The average Bonchev–Trinajstić information content (AvgIpc) is 2.31. The van der Waals surface area contributed by atoms with Crippen molar-refractivity contribution in [3.63, 3.8) is 0 Å². The fourth-order valence-corrected chi connectivity index (χ4v) is 2.00. The van der Waals surface area contributed by atoms with Crippen LogP contribution in [0.15, 0.2) is 18.5 Å². The molecule has 0 saturated heterocycles. The maximum absolute atomic E-state index is 13.3. The van der Waals surface area contributed by atoms with E-state index in [1.807, 2.05) is 6.26 Å². The summed E-state index contributed by atoms with van der Waals surface area (Å²) in [5.41, 5.74) is -0.0374. The summed E-state index contributed by atoms with van der Waals surface area (Å²) in [5.74, 6) is -1.15. The number of amides is 1. The zero-order valence-electron chi connectivity index (χ0n) is 9.68. The van der Waals surface area contributed by atoms with Crippen molar-refractivity contribution in [3.05, 3.63) is 29.8 Å². The van der Waals surface area contributed by atoms with Gasteiger partial charge in [-0.2, -0.15) is 11.8 Å². The highest BCUT2D eigenvalue weighted by Crippen LogP contribution is 2.11. The van der Waals surface area contributed by atoms with Crippen molar-refractivity contribution >= 4 is 17.7 Å². The molecule has 0 aliphatic heterocycles. The van der Waals surface area contributed by atoms with Crippen LogP contribution in [0.25, 0.3) is 0 Å². The molecule has 0 unspecified atom stereocenters. The van der Waals surface area contributed by atoms with E-state index in [0.29, 0.717) is 0 Å². The number of aromatic nitrogens is 1. The van der Waals surface area contributed by atoms with Gasteiger partial charge in [0, 0.05) is 17.5 Å². The lowest BCUT2D eigenvalue weighted by Gasteiger charge is -2.21. The quantitative estimate of drug-likeness (QED) is 0.829. The maximum Gasteiger partial charge on any atom is 0.254 e. The molecule has 2 atom stereocenters. The average molecular weight is 258 g/mol. The van der Waals surface area contributed by atoms with Gasteiger partial charge in [-0.25, -0.2) is 4.39 Å². The smallest absolute Gasteiger partial charge is 0.254 e. The molecule has 1 aromatic rings. The van der Waals surface area contributed by atoms with Crippen molar-refractivity contribution in [2.75, 3.05) is 12.9 Å². The minimum atomic E-state index is -0.651. The van der Waals surface area contributed by atoms with Crippen LogP contribution in [0.5, 0.6) is 0 Å². The Balaban J connectivity index is 2.70. The van der Waals surface area contributed by atoms with Crippen LogP contribution in [0.2, 0.25) is 0 Å². The Morgan fingerprint density at radius 3 is 2.94 bits per heavy atom. The molecule has 0 radical (unpaired) electrons. The second kappa shape index (κ2) is 6.56. The van der Waals surface area contributed by atoms with E-state index >= 15 is 0 Å². The molecule has 0 spiro atoms. The van der Waals surface area contributed by atoms with Crippen LogP contribution < -0.4 is 5.32 Å². The van der Waals surface area contributed by atoms with E-state index in [4.69, 9.17) is 5.11 Å². The summed E-state index contributed by atoms with van der Waals surface area (Å²) in [4.78, 5) is 15.3. The van der Waals surface area contributed by atoms with Gasteiger partial charge in [-0.15, -0.1) is 0 Å². The monoisotopic (exact) mass is 258 g/mol. The zero-order chi connectivity index (χ0) is 12.8. The third-order valence-corrected chi connectivity index (χ3v) is 3.58. The van der Waals surface area contributed by atoms with Crippen LogP contribution in [0, 0.1) is 5.82 Å². The molecule has 94 valence electrons. The van der Waals surface area contributed by atoms with Crippen LogP contribution >= 0.6 is 11.8 Å². The molecule has 1 amide bonds. The van der Waals surface area contributed by atoms with Gasteiger partial charge in [0.2, 0.25) is 0 Å². The van der Waals surface area contributed by atoms with Gasteiger partial charge in [0.05, 0.1) is 18.4 Å². The number of aliphatic hydroxyl groups is 1. The summed E-state index contributed by atoms with van der Waals surface area (Å²) in [6.45, 7) is 1.73. The van der Waals surface area contributed by atoms with E-state index in [2.05, 4.69) is 10.3 Å². The molecule has 0 aliphatic rings. The molecule has 0 saturated carbocycles. The summed E-state index contributed by atoms with van der Waals surface area (Å²) >= 11 is 1.45. The number of pyridine rings is 1. The van der Waals surface area contributed by atoms with Gasteiger partial charge >= 0.3 is 0 Å². The van der Waals surface area contributed by atoms with Crippen molar-refractivity contribution in [2.24, 2.45) is 0 Å². The molecule has 0 aromatic carbocycles. The summed E-state index contributed by atoms with van der Waals surface area (Å²) < 4.78 is 13.3. The molecule has 2 N–H and O–H groups in total. The van der Waals surface area contributed by atoms with Crippen LogP contribution in [-0.2, 0) is 0 Å². The highest BCUT2D eigenvalue weighted by molar-refractivity contribution is 7.99. The first-order chi connectivity index (χ1) is 8.10. The Kier molecular flexibility index (Phi) is 5.37. The van der Waals surface area contributed by atoms with E-state index in [1.54, 1.807) is 6.92 Å². The first kappa shape index (κ1) is 13.9. The summed E-state index contributed by atoms with van der Waals surface area (Å²) in [5, 5.41) is 11.6. The van der Waals surface area contributed by atoms with E-state index in [1.165, 1.54) is 24.0 Å². The third kappa shape index (κ3) is 3.67. The Bertz CT molecular complexity index is 385. The van der Waals surface area contributed by atoms with Crippen LogP contribution in [0.4, 0.5) is 4.39 Å². The number of halogens is 1. The second-order valence-corrected chi connectivity index (χ2v) is 4.65. The number of carbonyl (C=O) groups excluding carboxylic acids is 1. The summed E-state index contributed by atoms with van der Waals surface area (Å²) in [6.07, 6.45) is 4.20. The minimum Gasteiger partial charge on any atom is -0.395 e. The number of hydrogen-bond acceptors (Lipinski definition) is 4. The molecular weight excluding hydrogens is 243 g/mol. The normalized spacial score (nSPS) is 14.1. The number of aliphatic hydroxyl groups excluding tert-OH is 1. The minimum absolute atomic E-state index is 0.0374. The lowest BCUT2D eigenvalue weighted by atomic mass is 10.2. The van der Waals surface area contributed by atoms with Gasteiger partial charge in [0.25, 0.3) is 5.91 Å². The molecule has 0 bridgehead atoms. The largest absolute Gasteiger partial charge is 0.395 e. The van der Waals surface area contributed by atoms with Crippen molar-refractivity contribution in [1.82, 2.24) is 10.3 Å². The molecule has 1 heterocycles. The molecule has 1 rings (SSSR count). The first-order valence-corrected chi connectivity index (χ1v) is 6.43. The van der Waals surface area contributed by atoms with Gasteiger partial charge in [0.15, 0.2) is 5.82 Å². The van der Waals surface area contributed by atoms with Crippen LogP contribution in [0.3, 0.4) is 0 Å². The van der Waals surface area contributed by atoms with E-state index in [0.717, 1.165) is 6.20 Å². The molecule has 1 aromatic heterocycles. The molecule has 0 fully saturated rings. The summed E-state index contributed by atoms with van der Waals surface area (Å²) in [6, 6.07) is 1.08. The zero-order valence-corrected chi connectivity index (χ0v) is 10.5. The number of rotatable bonds is 5. The number of carbonyl (C=O) groups is 1. The fourth-order valence-electron chi connectivity index (χ4n) is 1.37. The Hall–Kier alpha value is -1.14. The maximum atomic E-state index is 13.3. The van der Waals surface area contributed by atoms with Crippen molar-refractivity contribution in [3.8, 4) is 0 Å². The fraction of sp³-hybridized carbons (Fsp3) is 0.455. The number of nitrogens with one attached hydrogen (secondary N) is 1. The molecule has 17 heavy (non-hydrogen) atoms. The van der Waals surface area contributed by atoms with Gasteiger partial charge in [-0.3, -0.25) is 9.78 Å². The molecule has 0 aliphatic carbocycles. The Labute approximate surface area is 104 Å². The number of nitrogens with zero attached hydrogens (tertiary/aromatic N) is 1. The standard InChI is InChI=1S/C11H15FN2O2S/c1-7(10(6-15)17-2)14-11(16)8-3-4-13-5-9(8)12/h3-5,7,10,15H,6H2,1-2H3,(H,14,16)/t7-,10-/m1/s1. The lowest BCUT2D eigenvalue weighted by Crippen LogP contribution is -2.41. The lowest BCUT2D eigenvalue weighted by molar-refractivity contribution is 0.0931. The Morgan fingerprint density at radius 2 is 2.41 bits per heavy atom. The van der Waals surface area contributed by atoms with Crippen LogP contribution in [0.1, 0.15) is 17.3 Å². The van der Waals surface area contributed by atoms with Gasteiger partial charge < -0.3 is 10.4 Å². The Morgan fingerprint density at radius 1 is 1.71 bits per heavy atom.